The summed E-state index contributed by atoms with van der Waals surface area (Å²) in [6, 6.07) is 9.93. The van der Waals surface area contributed by atoms with Crippen LogP contribution in [0.1, 0.15) is 24.8 Å². The van der Waals surface area contributed by atoms with Crippen molar-refractivity contribution >= 4 is 33.5 Å². The van der Waals surface area contributed by atoms with Gasteiger partial charge in [0.2, 0.25) is 10.0 Å². The number of rotatable bonds is 5. The summed E-state index contributed by atoms with van der Waals surface area (Å²) in [6.07, 6.45) is 5.49. The van der Waals surface area contributed by atoms with Crippen LogP contribution in [0.5, 0.6) is 0 Å². The molecule has 0 unspecified atom stereocenters. The molecule has 0 aliphatic carbocycles. The second kappa shape index (κ2) is 10.1. The second-order valence-corrected chi connectivity index (χ2v) is 10.5. The molecule has 2 aliphatic rings. The number of piperidine rings is 1. The van der Waals surface area contributed by atoms with E-state index in [2.05, 4.69) is 15.2 Å². The molecule has 172 valence electrons. The van der Waals surface area contributed by atoms with E-state index >= 15 is 0 Å². The van der Waals surface area contributed by atoms with Crippen LogP contribution >= 0.6 is 11.6 Å². The number of benzene rings is 1. The average molecular weight is 478 g/mol. The highest BCUT2D eigenvalue weighted by molar-refractivity contribution is 7.89. The van der Waals surface area contributed by atoms with Gasteiger partial charge in [-0.25, -0.2) is 18.2 Å². The Labute approximate surface area is 194 Å². The lowest BCUT2D eigenvalue weighted by Crippen LogP contribution is -2.52. The van der Waals surface area contributed by atoms with Crippen molar-refractivity contribution in [1.29, 1.82) is 0 Å². The first kappa shape index (κ1) is 22.8. The van der Waals surface area contributed by atoms with Crippen LogP contribution in [0.3, 0.4) is 0 Å². The Morgan fingerprint density at radius 2 is 1.62 bits per heavy atom. The molecule has 10 heteroatoms. The van der Waals surface area contributed by atoms with E-state index in [1.54, 1.807) is 23.2 Å². The topological polar surface area (TPSA) is 85.8 Å². The molecule has 0 radical (unpaired) electrons. The molecule has 0 spiro atoms. The Hall–Kier alpha value is -2.36. The van der Waals surface area contributed by atoms with Gasteiger partial charge in [0.1, 0.15) is 5.82 Å². The number of anilines is 1. The van der Waals surface area contributed by atoms with Gasteiger partial charge < -0.3 is 15.1 Å². The van der Waals surface area contributed by atoms with Gasteiger partial charge in [0.05, 0.1) is 4.90 Å². The van der Waals surface area contributed by atoms with Crippen molar-refractivity contribution in [2.75, 3.05) is 44.2 Å². The molecular formula is C22H28ClN5O3S. The number of amides is 2. The van der Waals surface area contributed by atoms with E-state index in [9.17, 15) is 13.2 Å². The molecule has 32 heavy (non-hydrogen) atoms. The minimum atomic E-state index is -3.59. The molecular weight excluding hydrogens is 450 g/mol. The molecule has 0 bridgehead atoms. The van der Waals surface area contributed by atoms with Gasteiger partial charge in [-0.15, -0.1) is 0 Å². The summed E-state index contributed by atoms with van der Waals surface area (Å²) in [5, 5.41) is 3.40. The summed E-state index contributed by atoms with van der Waals surface area (Å²) in [5.41, 5.74) is 0.933. The average Bonchev–Trinajstić information content (AvgIpc) is 2.84. The minimum Gasteiger partial charge on any atom is -0.357 e. The maximum atomic E-state index is 12.8. The smallest absolute Gasteiger partial charge is 0.317 e. The first-order valence-electron chi connectivity index (χ1n) is 10.9. The van der Waals surface area contributed by atoms with Crippen molar-refractivity contribution in [3.63, 3.8) is 0 Å². The molecule has 1 N–H and O–H groups in total. The molecule has 2 aliphatic heterocycles. The number of hydrogen-bond donors (Lipinski definition) is 1. The number of carbonyl (C=O) groups is 1. The molecule has 2 aromatic rings. The SMILES string of the molecule is O=C(NCc1ccc(N2CCCCC2)nc1)N1CCN(S(=O)(=O)c2ccc(Cl)cc2)CC1. The highest BCUT2D eigenvalue weighted by Gasteiger charge is 2.30. The summed E-state index contributed by atoms with van der Waals surface area (Å²) in [4.78, 5) is 21.2. The molecule has 0 atom stereocenters. The number of aromatic nitrogens is 1. The van der Waals surface area contributed by atoms with Gasteiger partial charge in [0.15, 0.2) is 0 Å². The van der Waals surface area contributed by atoms with Crippen molar-refractivity contribution in [1.82, 2.24) is 19.5 Å². The standard InChI is InChI=1S/C22H28ClN5O3S/c23-19-5-7-20(8-6-19)32(30,31)28-14-12-27(13-15-28)22(29)25-17-18-4-9-21(24-16-18)26-10-2-1-3-11-26/h4-9,16H,1-3,10-15,17H2,(H,25,29). The molecule has 1 aromatic heterocycles. The highest BCUT2D eigenvalue weighted by atomic mass is 35.5. The summed E-state index contributed by atoms with van der Waals surface area (Å²) < 4.78 is 27.0. The lowest BCUT2D eigenvalue weighted by atomic mass is 10.1. The van der Waals surface area contributed by atoms with Crippen molar-refractivity contribution in [2.24, 2.45) is 0 Å². The fourth-order valence-corrected chi connectivity index (χ4v) is 5.56. The summed E-state index contributed by atoms with van der Waals surface area (Å²) in [6.45, 7) is 3.66. The van der Waals surface area contributed by atoms with E-state index in [0.717, 1.165) is 24.5 Å². The minimum absolute atomic E-state index is 0.200. The zero-order valence-corrected chi connectivity index (χ0v) is 19.5. The number of halogens is 1. The third-order valence-electron chi connectivity index (χ3n) is 5.91. The van der Waals surface area contributed by atoms with E-state index in [1.165, 1.54) is 35.7 Å². The first-order valence-corrected chi connectivity index (χ1v) is 12.7. The Bertz CT molecular complexity index is 1020. The van der Waals surface area contributed by atoms with Crippen molar-refractivity contribution in [3.8, 4) is 0 Å². The third-order valence-corrected chi connectivity index (χ3v) is 8.08. The zero-order chi connectivity index (χ0) is 22.6. The van der Waals surface area contributed by atoms with Gasteiger partial charge in [0, 0.05) is 57.0 Å². The van der Waals surface area contributed by atoms with Gasteiger partial charge >= 0.3 is 6.03 Å². The monoisotopic (exact) mass is 477 g/mol. The second-order valence-electron chi connectivity index (χ2n) is 8.08. The quantitative estimate of drug-likeness (QED) is 0.715. The van der Waals surface area contributed by atoms with Crippen LogP contribution in [0, 0.1) is 0 Å². The molecule has 2 amide bonds. The zero-order valence-electron chi connectivity index (χ0n) is 17.9. The lowest BCUT2D eigenvalue weighted by Gasteiger charge is -2.34. The van der Waals surface area contributed by atoms with Gasteiger partial charge in [0.25, 0.3) is 0 Å². The fourth-order valence-electron chi connectivity index (χ4n) is 4.01. The molecule has 8 nitrogen and oxygen atoms in total. The summed E-state index contributed by atoms with van der Waals surface area (Å²) in [5.74, 6) is 0.984. The van der Waals surface area contributed by atoms with Crippen LogP contribution < -0.4 is 10.2 Å². The van der Waals surface area contributed by atoms with Crippen molar-refractivity contribution in [2.45, 2.75) is 30.7 Å². The number of pyridine rings is 1. The highest BCUT2D eigenvalue weighted by Crippen LogP contribution is 2.20. The van der Waals surface area contributed by atoms with E-state index in [-0.39, 0.29) is 24.0 Å². The number of nitrogens with one attached hydrogen (secondary N) is 1. The van der Waals surface area contributed by atoms with Gasteiger partial charge in [-0.2, -0.15) is 4.31 Å². The van der Waals surface area contributed by atoms with Gasteiger partial charge in [-0.05, 0) is 55.2 Å². The number of hydrogen-bond acceptors (Lipinski definition) is 5. The molecule has 3 heterocycles. The van der Waals surface area contributed by atoms with E-state index < -0.39 is 10.0 Å². The van der Waals surface area contributed by atoms with Crippen LogP contribution in [-0.4, -0.2) is 67.9 Å². The number of piperazine rings is 1. The third kappa shape index (κ3) is 5.33. The van der Waals surface area contributed by atoms with Crippen LogP contribution in [-0.2, 0) is 16.6 Å². The van der Waals surface area contributed by atoms with Crippen LogP contribution in [0.15, 0.2) is 47.5 Å². The molecule has 0 saturated carbocycles. The number of urea groups is 1. The first-order chi connectivity index (χ1) is 15.4. The predicted molar refractivity (Wildman–Crippen MR) is 124 cm³/mol. The predicted octanol–water partition coefficient (Wildman–Crippen LogP) is 2.94. The Kier molecular flexibility index (Phi) is 7.17. The Morgan fingerprint density at radius 1 is 0.938 bits per heavy atom. The fraction of sp³-hybridized carbons (Fsp3) is 0.455. The Morgan fingerprint density at radius 3 is 2.25 bits per heavy atom. The van der Waals surface area contributed by atoms with Gasteiger partial charge in [-0.1, -0.05) is 17.7 Å². The largest absolute Gasteiger partial charge is 0.357 e. The lowest BCUT2D eigenvalue weighted by molar-refractivity contribution is 0.172. The van der Waals surface area contributed by atoms with Crippen molar-refractivity contribution < 1.29 is 13.2 Å². The number of carbonyl (C=O) groups excluding carboxylic acids is 1. The van der Waals surface area contributed by atoms with E-state index in [0.29, 0.717) is 24.7 Å². The van der Waals surface area contributed by atoms with Crippen LogP contribution in [0.4, 0.5) is 10.6 Å². The summed E-state index contributed by atoms with van der Waals surface area (Å²) >= 11 is 5.85. The van der Waals surface area contributed by atoms with Crippen molar-refractivity contribution in [3.05, 3.63) is 53.2 Å². The number of nitrogens with zero attached hydrogens (tertiary/aromatic N) is 4. The molecule has 1 aromatic carbocycles. The maximum absolute atomic E-state index is 12.8. The van der Waals surface area contributed by atoms with Gasteiger partial charge in [-0.3, -0.25) is 0 Å². The molecule has 2 saturated heterocycles. The van der Waals surface area contributed by atoms with E-state index in [1.807, 2.05) is 12.1 Å². The number of sulfonamides is 1. The van der Waals surface area contributed by atoms with Crippen LogP contribution in [0.25, 0.3) is 0 Å². The Balaban J connectivity index is 1.26. The molecule has 2 fully saturated rings. The van der Waals surface area contributed by atoms with E-state index in [4.69, 9.17) is 11.6 Å². The maximum Gasteiger partial charge on any atom is 0.317 e. The molecule has 4 rings (SSSR count). The normalized spacial score (nSPS) is 17.9. The summed E-state index contributed by atoms with van der Waals surface area (Å²) in [7, 11) is -3.59. The van der Waals surface area contributed by atoms with Crippen LogP contribution in [0.2, 0.25) is 5.02 Å².